The highest BCUT2D eigenvalue weighted by atomic mass is 35.5. The number of fused-ring (bicyclic) bond motifs is 1. The first-order chi connectivity index (χ1) is 17.3. The maximum atomic E-state index is 14.5. The van der Waals surface area contributed by atoms with Gasteiger partial charge in [0.1, 0.15) is 17.6 Å². The van der Waals surface area contributed by atoms with Gasteiger partial charge in [-0.3, -0.25) is 10.1 Å². The van der Waals surface area contributed by atoms with Gasteiger partial charge < -0.3 is 14.9 Å². The van der Waals surface area contributed by atoms with Crippen LogP contribution in [0, 0.1) is 5.82 Å². The smallest absolute Gasteiger partial charge is 0.323 e. The molecule has 0 saturated carbocycles. The SMILES string of the molecule is CCOc1cc(C[C@H]2CCc3c(-c4ccccc4F)cccc32)c(Cl)cc1CNC(C(=O)O)C(C)O. The van der Waals surface area contributed by atoms with Crippen LogP contribution in [0.1, 0.15) is 48.4 Å². The Hall–Kier alpha value is -2.93. The topological polar surface area (TPSA) is 78.8 Å². The van der Waals surface area contributed by atoms with Crippen LogP contribution < -0.4 is 10.1 Å². The first-order valence-electron chi connectivity index (χ1n) is 12.2. The molecule has 4 rings (SSSR count). The molecule has 1 aliphatic rings. The highest BCUT2D eigenvalue weighted by molar-refractivity contribution is 6.31. The maximum Gasteiger partial charge on any atom is 0.323 e. The number of hydrogen-bond donors (Lipinski definition) is 3. The van der Waals surface area contributed by atoms with Crippen molar-refractivity contribution in [2.75, 3.05) is 6.61 Å². The number of halogens is 2. The minimum absolute atomic E-state index is 0.190. The predicted octanol–water partition coefficient (Wildman–Crippen LogP) is 5.74. The third-order valence-electron chi connectivity index (χ3n) is 6.82. The van der Waals surface area contributed by atoms with E-state index in [0.29, 0.717) is 29.4 Å². The largest absolute Gasteiger partial charge is 0.494 e. The molecule has 0 aliphatic heterocycles. The van der Waals surface area contributed by atoms with Crippen LogP contribution >= 0.6 is 11.6 Å². The second-order valence-corrected chi connectivity index (χ2v) is 9.62. The standard InChI is InChI=1S/C29H31ClFNO4/c1-3-36-27-15-19(25(30)14-20(27)16-32-28(17(2)33)29(34)35)13-18-11-12-23-21(18)8-6-9-22(23)24-7-4-5-10-26(24)31/h4-10,14-15,17-18,28,32-33H,3,11-13,16H2,1-2H3,(H,34,35)/t17?,18-,28?/m1/s1. The summed E-state index contributed by atoms with van der Waals surface area (Å²) >= 11 is 6.70. The van der Waals surface area contributed by atoms with E-state index in [-0.39, 0.29) is 18.3 Å². The maximum absolute atomic E-state index is 14.5. The van der Waals surface area contributed by atoms with E-state index in [1.54, 1.807) is 6.07 Å². The third-order valence-corrected chi connectivity index (χ3v) is 7.17. The van der Waals surface area contributed by atoms with Crippen molar-refractivity contribution in [1.29, 1.82) is 0 Å². The second-order valence-electron chi connectivity index (χ2n) is 9.21. The Balaban J connectivity index is 1.59. The Morgan fingerprint density at radius 1 is 1.17 bits per heavy atom. The number of rotatable bonds is 10. The summed E-state index contributed by atoms with van der Waals surface area (Å²) in [5.74, 6) is -0.462. The van der Waals surface area contributed by atoms with Gasteiger partial charge >= 0.3 is 5.97 Å². The van der Waals surface area contributed by atoms with Gasteiger partial charge in [0.05, 0.1) is 12.7 Å². The van der Waals surface area contributed by atoms with Crippen LogP contribution in [0.5, 0.6) is 5.75 Å². The van der Waals surface area contributed by atoms with Gasteiger partial charge in [0.25, 0.3) is 0 Å². The lowest BCUT2D eigenvalue weighted by Gasteiger charge is -2.20. The monoisotopic (exact) mass is 511 g/mol. The number of aliphatic hydroxyl groups excluding tert-OH is 1. The minimum Gasteiger partial charge on any atom is -0.494 e. The van der Waals surface area contributed by atoms with Crippen molar-refractivity contribution in [2.45, 2.75) is 57.7 Å². The lowest BCUT2D eigenvalue weighted by atomic mass is 9.90. The van der Waals surface area contributed by atoms with Crippen molar-refractivity contribution in [3.8, 4) is 16.9 Å². The molecule has 2 unspecified atom stereocenters. The zero-order valence-electron chi connectivity index (χ0n) is 20.4. The highest BCUT2D eigenvalue weighted by Gasteiger charge is 2.27. The van der Waals surface area contributed by atoms with Crippen molar-refractivity contribution in [3.63, 3.8) is 0 Å². The molecule has 0 bridgehead atoms. The first-order valence-corrected chi connectivity index (χ1v) is 12.6. The molecule has 3 atom stereocenters. The summed E-state index contributed by atoms with van der Waals surface area (Å²) < 4.78 is 20.4. The summed E-state index contributed by atoms with van der Waals surface area (Å²) in [6.07, 6.45) is 1.48. The molecule has 3 aromatic rings. The number of aliphatic carboxylic acids is 1. The number of carboxylic acid groups (broad SMARTS) is 1. The number of aliphatic hydroxyl groups is 1. The molecule has 5 nitrogen and oxygen atoms in total. The van der Waals surface area contributed by atoms with Crippen molar-refractivity contribution < 1.29 is 24.1 Å². The Morgan fingerprint density at radius 2 is 1.92 bits per heavy atom. The van der Waals surface area contributed by atoms with E-state index in [1.165, 1.54) is 24.1 Å². The van der Waals surface area contributed by atoms with Crippen LogP contribution in [-0.2, 0) is 24.2 Å². The van der Waals surface area contributed by atoms with Crippen LogP contribution in [0.4, 0.5) is 4.39 Å². The summed E-state index contributed by atoms with van der Waals surface area (Å²) in [7, 11) is 0. The Labute approximate surface area is 215 Å². The van der Waals surface area contributed by atoms with Crippen LogP contribution in [0.3, 0.4) is 0 Å². The summed E-state index contributed by atoms with van der Waals surface area (Å²) in [5, 5.41) is 22.6. The van der Waals surface area contributed by atoms with Gasteiger partial charge in [-0.1, -0.05) is 48.0 Å². The lowest BCUT2D eigenvalue weighted by molar-refractivity contribution is -0.142. The number of nitrogens with one attached hydrogen (secondary N) is 1. The zero-order chi connectivity index (χ0) is 25.8. The molecule has 0 spiro atoms. The molecule has 190 valence electrons. The normalized spacial score (nSPS) is 16.4. The summed E-state index contributed by atoms with van der Waals surface area (Å²) in [5.41, 5.74) is 5.65. The van der Waals surface area contributed by atoms with Gasteiger partial charge in [-0.25, -0.2) is 4.39 Å². The summed E-state index contributed by atoms with van der Waals surface area (Å²) in [4.78, 5) is 11.4. The molecule has 0 amide bonds. The number of carboxylic acids is 1. The number of hydrogen-bond acceptors (Lipinski definition) is 4. The van der Waals surface area contributed by atoms with E-state index >= 15 is 0 Å². The van der Waals surface area contributed by atoms with Gasteiger partial charge in [0.15, 0.2) is 0 Å². The molecule has 0 radical (unpaired) electrons. The number of benzene rings is 3. The Kier molecular flexibility index (Phi) is 8.29. The van der Waals surface area contributed by atoms with Gasteiger partial charge in [0.2, 0.25) is 0 Å². The fourth-order valence-electron chi connectivity index (χ4n) is 5.05. The molecule has 0 aromatic heterocycles. The van der Waals surface area contributed by atoms with Crippen molar-refractivity contribution in [1.82, 2.24) is 5.32 Å². The molecule has 0 saturated heterocycles. The molecule has 1 aliphatic carbocycles. The lowest BCUT2D eigenvalue weighted by Crippen LogP contribution is -2.44. The summed E-state index contributed by atoms with van der Waals surface area (Å²) in [6.45, 7) is 3.96. The van der Waals surface area contributed by atoms with Gasteiger partial charge in [0, 0.05) is 22.7 Å². The minimum atomic E-state index is -1.12. The first kappa shape index (κ1) is 26.1. The van der Waals surface area contributed by atoms with Gasteiger partial charge in [-0.2, -0.15) is 0 Å². The average molecular weight is 512 g/mol. The highest BCUT2D eigenvalue weighted by Crippen LogP contribution is 2.42. The molecular weight excluding hydrogens is 481 g/mol. The number of carbonyl (C=O) groups is 1. The van der Waals surface area contributed by atoms with E-state index in [4.69, 9.17) is 16.3 Å². The van der Waals surface area contributed by atoms with Crippen molar-refractivity contribution >= 4 is 17.6 Å². The second kappa shape index (κ2) is 11.4. The van der Waals surface area contributed by atoms with Crippen LogP contribution in [0.2, 0.25) is 5.02 Å². The molecule has 3 N–H and O–H groups in total. The van der Waals surface area contributed by atoms with E-state index in [2.05, 4.69) is 11.4 Å². The van der Waals surface area contributed by atoms with Crippen LogP contribution in [0.25, 0.3) is 11.1 Å². The van der Waals surface area contributed by atoms with Crippen molar-refractivity contribution in [3.05, 3.63) is 87.7 Å². The fourth-order valence-corrected chi connectivity index (χ4v) is 5.32. The molecule has 36 heavy (non-hydrogen) atoms. The zero-order valence-corrected chi connectivity index (χ0v) is 21.2. The van der Waals surface area contributed by atoms with E-state index in [0.717, 1.165) is 29.5 Å². The molecule has 7 heteroatoms. The molecular formula is C29H31ClFNO4. The van der Waals surface area contributed by atoms with Crippen LogP contribution in [0.15, 0.2) is 54.6 Å². The van der Waals surface area contributed by atoms with Crippen LogP contribution in [-0.4, -0.2) is 34.9 Å². The molecule has 3 aromatic carbocycles. The van der Waals surface area contributed by atoms with E-state index in [9.17, 15) is 19.4 Å². The summed E-state index contributed by atoms with van der Waals surface area (Å²) in [6, 6.07) is 15.6. The Morgan fingerprint density at radius 3 is 2.61 bits per heavy atom. The van der Waals surface area contributed by atoms with E-state index in [1.807, 2.05) is 43.3 Å². The number of ether oxygens (including phenoxy) is 1. The average Bonchev–Trinajstić information content (AvgIpc) is 3.25. The predicted molar refractivity (Wildman–Crippen MR) is 139 cm³/mol. The third kappa shape index (κ3) is 5.56. The van der Waals surface area contributed by atoms with Gasteiger partial charge in [-0.15, -0.1) is 0 Å². The quantitative estimate of drug-likeness (QED) is 0.323. The Bertz CT molecular complexity index is 1250. The van der Waals surface area contributed by atoms with Crippen molar-refractivity contribution in [2.24, 2.45) is 0 Å². The van der Waals surface area contributed by atoms with E-state index < -0.39 is 18.1 Å². The molecule has 0 heterocycles. The molecule has 0 fully saturated rings. The fraction of sp³-hybridized carbons (Fsp3) is 0.345. The van der Waals surface area contributed by atoms with Gasteiger partial charge in [-0.05, 0) is 79.5 Å².